The standard InChI is InChI=1S/C22H24N2O3S/c1-3-21(24(28(2,26)27)20-11-5-4-6-12-20)22(25)23-16-17-13-14-18-9-7-8-10-19(18)15-17/h4-15,21H,3,16H2,1-2H3,(H,23,25)/t21-/m1/s1. The van der Waals surface area contributed by atoms with Gasteiger partial charge in [-0.05, 0) is 41.0 Å². The van der Waals surface area contributed by atoms with Crippen LogP contribution in [0.2, 0.25) is 0 Å². The number of amides is 1. The lowest BCUT2D eigenvalue weighted by molar-refractivity contribution is -0.122. The van der Waals surface area contributed by atoms with Gasteiger partial charge in [-0.1, -0.05) is 61.5 Å². The van der Waals surface area contributed by atoms with Gasteiger partial charge in [0.2, 0.25) is 15.9 Å². The van der Waals surface area contributed by atoms with E-state index in [0.717, 1.165) is 22.6 Å². The van der Waals surface area contributed by atoms with E-state index in [2.05, 4.69) is 5.32 Å². The Morgan fingerprint density at radius 2 is 1.61 bits per heavy atom. The quantitative estimate of drug-likeness (QED) is 0.662. The summed E-state index contributed by atoms with van der Waals surface area (Å²) in [4.78, 5) is 12.9. The molecule has 1 atom stereocenters. The highest BCUT2D eigenvalue weighted by Gasteiger charge is 2.31. The molecule has 0 aliphatic heterocycles. The Morgan fingerprint density at radius 1 is 0.964 bits per heavy atom. The zero-order valence-electron chi connectivity index (χ0n) is 16.0. The smallest absolute Gasteiger partial charge is 0.244 e. The third kappa shape index (κ3) is 4.51. The maximum absolute atomic E-state index is 12.9. The molecule has 3 aromatic carbocycles. The predicted octanol–water partition coefficient (Wildman–Crippen LogP) is 3.70. The normalized spacial score (nSPS) is 12.5. The fourth-order valence-electron chi connectivity index (χ4n) is 3.29. The van der Waals surface area contributed by atoms with Crippen molar-refractivity contribution in [3.05, 3.63) is 78.4 Å². The number of benzene rings is 3. The van der Waals surface area contributed by atoms with Gasteiger partial charge in [-0.2, -0.15) is 0 Å². The average Bonchev–Trinajstić information content (AvgIpc) is 2.69. The van der Waals surface area contributed by atoms with Crippen LogP contribution in [0.1, 0.15) is 18.9 Å². The fraction of sp³-hybridized carbons (Fsp3) is 0.227. The molecule has 28 heavy (non-hydrogen) atoms. The summed E-state index contributed by atoms with van der Waals surface area (Å²) >= 11 is 0. The first-order valence-electron chi connectivity index (χ1n) is 9.20. The number of hydrogen-bond donors (Lipinski definition) is 1. The van der Waals surface area contributed by atoms with Gasteiger partial charge in [0.1, 0.15) is 6.04 Å². The van der Waals surface area contributed by atoms with E-state index in [9.17, 15) is 13.2 Å². The number of nitrogens with zero attached hydrogens (tertiary/aromatic N) is 1. The molecule has 0 bridgehead atoms. The van der Waals surface area contributed by atoms with Gasteiger partial charge >= 0.3 is 0 Å². The monoisotopic (exact) mass is 396 g/mol. The number of hydrogen-bond acceptors (Lipinski definition) is 3. The van der Waals surface area contributed by atoms with Crippen molar-refractivity contribution in [3.8, 4) is 0 Å². The SMILES string of the molecule is CC[C@H](C(=O)NCc1ccc2ccccc2c1)N(c1ccccc1)S(C)(=O)=O. The molecule has 0 radical (unpaired) electrons. The maximum atomic E-state index is 12.9. The van der Waals surface area contributed by atoms with Crippen LogP contribution in [-0.4, -0.2) is 26.6 Å². The third-order valence-corrected chi connectivity index (χ3v) is 5.80. The Balaban J connectivity index is 1.79. The number of anilines is 1. The summed E-state index contributed by atoms with van der Waals surface area (Å²) in [5, 5.41) is 5.13. The van der Waals surface area contributed by atoms with Crippen LogP contribution >= 0.6 is 0 Å². The number of carbonyl (C=O) groups excluding carboxylic acids is 1. The van der Waals surface area contributed by atoms with Crippen LogP contribution in [0.15, 0.2) is 72.8 Å². The van der Waals surface area contributed by atoms with Gasteiger partial charge in [0.25, 0.3) is 0 Å². The Bertz CT molecular complexity index is 1070. The van der Waals surface area contributed by atoms with E-state index in [4.69, 9.17) is 0 Å². The van der Waals surface area contributed by atoms with Crippen LogP contribution in [-0.2, 0) is 21.4 Å². The fourth-order valence-corrected chi connectivity index (χ4v) is 4.50. The number of rotatable bonds is 7. The van der Waals surface area contributed by atoms with E-state index in [0.29, 0.717) is 18.7 Å². The maximum Gasteiger partial charge on any atom is 0.244 e. The van der Waals surface area contributed by atoms with Gasteiger partial charge in [0.05, 0.1) is 11.9 Å². The van der Waals surface area contributed by atoms with E-state index in [1.807, 2.05) is 48.5 Å². The molecule has 1 amide bonds. The molecule has 0 unspecified atom stereocenters. The highest BCUT2D eigenvalue weighted by molar-refractivity contribution is 7.92. The molecule has 3 aromatic rings. The summed E-state index contributed by atoms with van der Waals surface area (Å²) in [6.07, 6.45) is 1.49. The minimum atomic E-state index is -3.61. The van der Waals surface area contributed by atoms with Crippen LogP contribution in [0.5, 0.6) is 0 Å². The summed E-state index contributed by atoms with van der Waals surface area (Å²) in [7, 11) is -3.61. The first-order chi connectivity index (χ1) is 13.4. The molecule has 146 valence electrons. The van der Waals surface area contributed by atoms with Crippen molar-refractivity contribution >= 4 is 32.4 Å². The van der Waals surface area contributed by atoms with Gasteiger partial charge in [0, 0.05) is 6.54 Å². The zero-order chi connectivity index (χ0) is 20.1. The third-order valence-electron chi connectivity index (χ3n) is 4.62. The van der Waals surface area contributed by atoms with E-state index in [1.54, 1.807) is 31.2 Å². The van der Waals surface area contributed by atoms with E-state index in [-0.39, 0.29) is 5.91 Å². The number of nitrogens with one attached hydrogen (secondary N) is 1. The Kier molecular flexibility index (Phi) is 5.99. The highest BCUT2D eigenvalue weighted by atomic mass is 32.2. The van der Waals surface area contributed by atoms with Gasteiger partial charge in [0.15, 0.2) is 0 Å². The van der Waals surface area contributed by atoms with Gasteiger partial charge in [-0.25, -0.2) is 8.42 Å². The molecule has 0 saturated carbocycles. The second kappa shape index (κ2) is 8.44. The molecule has 0 aromatic heterocycles. The highest BCUT2D eigenvalue weighted by Crippen LogP contribution is 2.22. The van der Waals surface area contributed by atoms with E-state index < -0.39 is 16.1 Å². The van der Waals surface area contributed by atoms with Crippen LogP contribution in [0.3, 0.4) is 0 Å². The molecule has 0 saturated heterocycles. The molecular formula is C22H24N2O3S. The lowest BCUT2D eigenvalue weighted by Crippen LogP contribution is -2.49. The lowest BCUT2D eigenvalue weighted by Gasteiger charge is -2.30. The largest absolute Gasteiger partial charge is 0.350 e. The second-order valence-electron chi connectivity index (χ2n) is 6.72. The van der Waals surface area contributed by atoms with Gasteiger partial charge < -0.3 is 5.32 Å². The van der Waals surface area contributed by atoms with Gasteiger partial charge in [-0.3, -0.25) is 9.10 Å². The second-order valence-corrected chi connectivity index (χ2v) is 8.58. The average molecular weight is 397 g/mol. The topological polar surface area (TPSA) is 66.5 Å². The molecule has 0 spiro atoms. The Labute approximate surface area is 166 Å². The minimum absolute atomic E-state index is 0.315. The molecular weight excluding hydrogens is 372 g/mol. The summed E-state index contributed by atoms with van der Waals surface area (Å²) in [5.74, 6) is -0.315. The van der Waals surface area contributed by atoms with Crippen LogP contribution in [0.4, 0.5) is 5.69 Å². The Hall–Kier alpha value is -2.86. The summed E-state index contributed by atoms with van der Waals surface area (Å²) in [6.45, 7) is 2.15. The first kappa shape index (κ1) is 19.9. The molecule has 0 heterocycles. The summed E-state index contributed by atoms with van der Waals surface area (Å²) in [5.41, 5.74) is 1.45. The van der Waals surface area contributed by atoms with Crippen molar-refractivity contribution in [1.29, 1.82) is 0 Å². The molecule has 0 fully saturated rings. The predicted molar refractivity (Wildman–Crippen MR) is 114 cm³/mol. The zero-order valence-corrected chi connectivity index (χ0v) is 16.8. The summed E-state index contributed by atoms with van der Waals surface area (Å²) < 4.78 is 26.0. The van der Waals surface area contributed by atoms with Crippen molar-refractivity contribution in [2.45, 2.75) is 25.9 Å². The molecule has 1 N–H and O–H groups in total. The van der Waals surface area contributed by atoms with Crippen molar-refractivity contribution in [2.24, 2.45) is 0 Å². The molecule has 5 nitrogen and oxygen atoms in total. The number of fused-ring (bicyclic) bond motifs is 1. The molecule has 0 aliphatic rings. The van der Waals surface area contributed by atoms with E-state index >= 15 is 0 Å². The number of carbonyl (C=O) groups is 1. The van der Waals surface area contributed by atoms with E-state index in [1.165, 1.54) is 4.31 Å². The molecule has 3 rings (SSSR count). The van der Waals surface area contributed by atoms with Crippen LogP contribution in [0.25, 0.3) is 10.8 Å². The van der Waals surface area contributed by atoms with Crippen molar-refractivity contribution in [2.75, 3.05) is 10.6 Å². The first-order valence-corrected chi connectivity index (χ1v) is 11.0. The molecule has 0 aliphatic carbocycles. The van der Waals surface area contributed by atoms with Crippen LogP contribution < -0.4 is 9.62 Å². The summed E-state index contributed by atoms with van der Waals surface area (Å²) in [6, 6.07) is 21.9. The minimum Gasteiger partial charge on any atom is -0.350 e. The number of para-hydroxylation sites is 1. The number of sulfonamides is 1. The lowest BCUT2D eigenvalue weighted by atomic mass is 10.1. The van der Waals surface area contributed by atoms with Crippen molar-refractivity contribution in [3.63, 3.8) is 0 Å². The van der Waals surface area contributed by atoms with Crippen molar-refractivity contribution < 1.29 is 13.2 Å². The van der Waals surface area contributed by atoms with Crippen LogP contribution in [0, 0.1) is 0 Å². The molecule has 6 heteroatoms. The van der Waals surface area contributed by atoms with Crippen molar-refractivity contribution in [1.82, 2.24) is 5.32 Å². The Morgan fingerprint density at radius 3 is 2.25 bits per heavy atom. The van der Waals surface area contributed by atoms with Gasteiger partial charge in [-0.15, -0.1) is 0 Å².